The second-order valence-electron chi connectivity index (χ2n) is 3.80. The Morgan fingerprint density at radius 2 is 2.47 bits per heavy atom. The average Bonchev–Trinajstić information content (AvgIpc) is 2.96. The molecule has 3 heteroatoms. The second kappa shape index (κ2) is 6.62. The van der Waals surface area contributed by atoms with Crippen LogP contribution in [0.5, 0.6) is 0 Å². The van der Waals surface area contributed by atoms with Crippen molar-refractivity contribution in [3.8, 4) is 11.8 Å². The van der Waals surface area contributed by atoms with Crippen LogP contribution in [0.3, 0.4) is 0 Å². The molecule has 0 aromatic heterocycles. The Hall–Kier alpha value is -0.820. The summed E-state index contributed by atoms with van der Waals surface area (Å²) in [7, 11) is 2.20. The van der Waals surface area contributed by atoms with Crippen LogP contribution in [0, 0.1) is 30.2 Å². The quantitative estimate of drug-likeness (QED) is 0.404. The molecule has 0 N–H and O–H groups in total. The maximum atomic E-state index is 6.74. The monoisotopic (exact) mass is 221 g/mol. The highest BCUT2D eigenvalue weighted by atomic mass is 31.0. The fourth-order valence-electron chi connectivity index (χ4n) is 1.44. The largest absolute Gasteiger partial charge is 0.350 e. The van der Waals surface area contributed by atoms with Gasteiger partial charge in [0.25, 0.3) is 0 Å². The first kappa shape index (κ1) is 12.3. The van der Waals surface area contributed by atoms with E-state index < -0.39 is 0 Å². The molecule has 1 aliphatic carbocycles. The molecule has 0 aromatic rings. The molecule has 1 fully saturated rings. The van der Waals surface area contributed by atoms with Gasteiger partial charge >= 0.3 is 0 Å². The molecule has 0 aromatic carbocycles. The molecule has 0 amide bonds. The van der Waals surface area contributed by atoms with Crippen molar-refractivity contribution in [3.05, 3.63) is 23.6 Å². The van der Waals surface area contributed by atoms with Crippen molar-refractivity contribution in [2.45, 2.75) is 25.9 Å². The van der Waals surface area contributed by atoms with Crippen molar-refractivity contribution < 1.29 is 4.52 Å². The van der Waals surface area contributed by atoms with Crippen LogP contribution in [0.25, 0.3) is 4.85 Å². The summed E-state index contributed by atoms with van der Waals surface area (Å²) in [6.07, 6.45) is 6.22. The Balaban J connectivity index is 2.13. The van der Waals surface area contributed by atoms with E-state index in [9.17, 15) is 0 Å². The third-order valence-electron chi connectivity index (χ3n) is 2.53. The first-order valence-electron chi connectivity index (χ1n) is 5.12. The molecule has 2 unspecified atom stereocenters. The van der Waals surface area contributed by atoms with Gasteiger partial charge < -0.3 is 9.37 Å². The van der Waals surface area contributed by atoms with Crippen molar-refractivity contribution in [1.29, 1.82) is 0 Å². The van der Waals surface area contributed by atoms with E-state index in [2.05, 4.69) is 32.2 Å². The van der Waals surface area contributed by atoms with E-state index >= 15 is 0 Å². The minimum atomic E-state index is -0.0320. The van der Waals surface area contributed by atoms with E-state index in [1.807, 2.05) is 13.0 Å². The first-order chi connectivity index (χ1) is 7.27. The molecule has 0 aliphatic heterocycles. The summed E-state index contributed by atoms with van der Waals surface area (Å²) in [5.41, 5.74) is 0. The van der Waals surface area contributed by atoms with Gasteiger partial charge in [0.05, 0.1) is 0 Å². The third-order valence-corrected chi connectivity index (χ3v) is 2.93. The Morgan fingerprint density at radius 1 is 1.67 bits per heavy atom. The van der Waals surface area contributed by atoms with Gasteiger partial charge in [-0.05, 0) is 31.8 Å². The lowest BCUT2D eigenvalue weighted by atomic mass is 10.2. The maximum Gasteiger partial charge on any atom is 0.217 e. The zero-order chi connectivity index (χ0) is 11.1. The highest BCUT2D eigenvalue weighted by molar-refractivity contribution is 7.09. The SMILES string of the molecule is [C-]#[N+]C[C@@H]1C[C@@H]1C/C=C\C#CC(C)OP. The fourth-order valence-corrected chi connectivity index (χ4v) is 1.51. The number of hydrogen-bond donors (Lipinski definition) is 0. The molecule has 0 heterocycles. The number of allylic oxidation sites excluding steroid dienone is 2. The van der Waals surface area contributed by atoms with Gasteiger partial charge in [-0.15, -0.1) is 0 Å². The Bertz CT molecular complexity index is 321. The molecule has 0 saturated heterocycles. The van der Waals surface area contributed by atoms with Gasteiger partial charge in [-0.1, -0.05) is 17.9 Å². The van der Waals surface area contributed by atoms with Gasteiger partial charge in [-0.3, -0.25) is 0 Å². The highest BCUT2D eigenvalue weighted by Gasteiger charge is 2.38. The van der Waals surface area contributed by atoms with Crippen LogP contribution in [0.2, 0.25) is 0 Å². The molecule has 2 nitrogen and oxygen atoms in total. The number of nitrogens with zero attached hydrogens (tertiary/aromatic N) is 1. The summed E-state index contributed by atoms with van der Waals surface area (Å²) >= 11 is 0. The molecule has 4 atom stereocenters. The molecule has 0 spiro atoms. The molecule has 1 rings (SSSR count). The zero-order valence-corrected chi connectivity index (χ0v) is 10.1. The normalized spacial score (nSPS) is 25.4. The van der Waals surface area contributed by atoms with E-state index in [1.54, 1.807) is 0 Å². The van der Waals surface area contributed by atoms with Crippen LogP contribution in [-0.2, 0) is 4.52 Å². The molecule has 80 valence electrons. The summed E-state index contributed by atoms with van der Waals surface area (Å²) in [5.74, 6) is 7.25. The van der Waals surface area contributed by atoms with E-state index in [1.165, 1.54) is 6.42 Å². The minimum Gasteiger partial charge on any atom is -0.350 e. The van der Waals surface area contributed by atoms with Crippen molar-refractivity contribution in [1.82, 2.24) is 0 Å². The lowest BCUT2D eigenvalue weighted by molar-refractivity contribution is 0.329. The molecule has 0 bridgehead atoms. The first-order valence-corrected chi connectivity index (χ1v) is 5.60. The lowest BCUT2D eigenvalue weighted by Gasteiger charge is -1.95. The molecule has 1 aliphatic rings. The van der Waals surface area contributed by atoms with Gasteiger partial charge in [-0.2, -0.15) is 0 Å². The number of rotatable bonds is 4. The van der Waals surface area contributed by atoms with E-state index in [4.69, 9.17) is 11.1 Å². The van der Waals surface area contributed by atoms with E-state index in [-0.39, 0.29) is 6.10 Å². The molecular formula is C12H16NOP. The van der Waals surface area contributed by atoms with Gasteiger partial charge in [0.2, 0.25) is 6.54 Å². The van der Waals surface area contributed by atoms with Gasteiger partial charge in [0.1, 0.15) is 6.10 Å². The van der Waals surface area contributed by atoms with E-state index in [0.717, 1.165) is 12.3 Å². The van der Waals surface area contributed by atoms with Crippen molar-refractivity contribution in [2.75, 3.05) is 6.54 Å². The maximum absolute atomic E-state index is 6.74. The highest BCUT2D eigenvalue weighted by Crippen LogP contribution is 2.41. The third kappa shape index (κ3) is 4.98. The molecule has 1 saturated carbocycles. The van der Waals surface area contributed by atoms with Gasteiger partial charge in [0.15, 0.2) is 0 Å². The summed E-state index contributed by atoms with van der Waals surface area (Å²) in [4.78, 5) is 3.41. The Labute approximate surface area is 94.2 Å². The van der Waals surface area contributed by atoms with Gasteiger partial charge in [-0.25, -0.2) is 6.57 Å². The minimum absolute atomic E-state index is 0.0320. The predicted octanol–water partition coefficient (Wildman–Crippen LogP) is 2.69. The average molecular weight is 221 g/mol. The van der Waals surface area contributed by atoms with Gasteiger partial charge in [0, 0.05) is 15.4 Å². The van der Waals surface area contributed by atoms with Crippen LogP contribution in [0.4, 0.5) is 0 Å². The van der Waals surface area contributed by atoms with Crippen molar-refractivity contribution in [2.24, 2.45) is 11.8 Å². The van der Waals surface area contributed by atoms with Crippen LogP contribution < -0.4 is 0 Å². The van der Waals surface area contributed by atoms with Crippen molar-refractivity contribution in [3.63, 3.8) is 0 Å². The summed E-state index contributed by atoms with van der Waals surface area (Å²) in [5, 5.41) is 0. The van der Waals surface area contributed by atoms with Crippen LogP contribution in [0.15, 0.2) is 12.2 Å². The van der Waals surface area contributed by atoms with Crippen molar-refractivity contribution >= 4 is 9.47 Å². The predicted molar refractivity (Wildman–Crippen MR) is 64.9 cm³/mol. The number of hydrogen-bond acceptors (Lipinski definition) is 1. The Kier molecular flexibility index (Phi) is 5.41. The summed E-state index contributed by atoms with van der Waals surface area (Å²) in [6.45, 7) is 9.34. The van der Waals surface area contributed by atoms with Crippen LogP contribution in [-0.4, -0.2) is 12.6 Å². The lowest BCUT2D eigenvalue weighted by Crippen LogP contribution is -1.94. The van der Waals surface area contributed by atoms with Crippen LogP contribution >= 0.6 is 9.47 Å². The van der Waals surface area contributed by atoms with Crippen LogP contribution in [0.1, 0.15) is 19.8 Å². The molecule has 0 radical (unpaired) electrons. The standard InChI is InChI=1S/C12H16NOP/c1-10(14-15)6-4-3-5-7-11-8-12(11)9-13-2/h3,5,10-12H,7-9,15H2,1H3/b5-3-/t10?,11-,12-/m0/s1. The second-order valence-corrected chi connectivity index (χ2v) is 4.07. The summed E-state index contributed by atoms with van der Waals surface area (Å²) in [6, 6.07) is 0. The fraction of sp³-hybridized carbons (Fsp3) is 0.583. The Morgan fingerprint density at radius 3 is 3.13 bits per heavy atom. The van der Waals surface area contributed by atoms with E-state index in [0.29, 0.717) is 12.5 Å². The summed E-state index contributed by atoms with van der Waals surface area (Å²) < 4.78 is 4.92. The zero-order valence-electron chi connectivity index (χ0n) is 8.94. The molecular weight excluding hydrogens is 205 g/mol. The smallest absolute Gasteiger partial charge is 0.217 e. The molecule has 15 heavy (non-hydrogen) atoms. The topological polar surface area (TPSA) is 13.6 Å².